The Morgan fingerprint density at radius 1 is 1.27 bits per heavy atom. The van der Waals surface area contributed by atoms with Crippen molar-refractivity contribution in [3.05, 3.63) is 30.1 Å². The lowest BCUT2D eigenvalue weighted by Crippen LogP contribution is -1.98. The van der Waals surface area contributed by atoms with Gasteiger partial charge in [-0.15, -0.1) is 0 Å². The van der Waals surface area contributed by atoms with E-state index in [-0.39, 0.29) is 5.82 Å². The van der Waals surface area contributed by atoms with Gasteiger partial charge >= 0.3 is 0 Å². The van der Waals surface area contributed by atoms with Gasteiger partial charge in [-0.2, -0.15) is 0 Å². The summed E-state index contributed by atoms with van der Waals surface area (Å²) in [5, 5.41) is 7.24. The minimum absolute atomic E-state index is 0.248. The number of ether oxygens (including phenoxy) is 1. The second kappa shape index (κ2) is 6.17. The molecule has 1 aromatic carbocycles. The predicted octanol–water partition coefficient (Wildman–Crippen LogP) is 3.41. The Morgan fingerprint density at radius 2 is 1.93 bits per heavy atom. The highest BCUT2D eigenvalue weighted by Gasteiger charge is 1.95. The molecule has 0 bridgehead atoms. The number of unbranched alkanes of at least 4 members (excludes halogenated alkanes) is 1. The molecular formula is C12H16FNO. The van der Waals surface area contributed by atoms with E-state index in [1.807, 2.05) is 0 Å². The predicted molar refractivity (Wildman–Crippen MR) is 59.1 cm³/mol. The van der Waals surface area contributed by atoms with Crippen LogP contribution in [0.25, 0.3) is 0 Å². The zero-order valence-electron chi connectivity index (χ0n) is 8.92. The Kier molecular flexibility index (Phi) is 4.81. The van der Waals surface area contributed by atoms with Crippen LogP contribution in [-0.4, -0.2) is 12.3 Å². The average Bonchev–Trinajstić information content (AvgIpc) is 2.20. The van der Waals surface area contributed by atoms with Crippen molar-refractivity contribution in [1.29, 1.82) is 5.41 Å². The van der Waals surface area contributed by atoms with E-state index in [9.17, 15) is 4.39 Å². The minimum atomic E-state index is -0.248. The van der Waals surface area contributed by atoms with Crippen LogP contribution in [0, 0.1) is 11.2 Å². The van der Waals surface area contributed by atoms with Crippen molar-refractivity contribution in [3.63, 3.8) is 0 Å². The van der Waals surface area contributed by atoms with E-state index >= 15 is 0 Å². The van der Waals surface area contributed by atoms with Gasteiger partial charge in [-0.25, -0.2) is 4.39 Å². The fourth-order valence-electron chi connectivity index (χ4n) is 1.21. The molecule has 1 N–H and O–H groups in total. The van der Waals surface area contributed by atoms with Crippen LogP contribution in [0.1, 0.15) is 26.2 Å². The number of benzene rings is 1. The highest BCUT2D eigenvalue weighted by molar-refractivity contribution is 5.78. The first-order valence-corrected chi connectivity index (χ1v) is 5.11. The third-order valence-electron chi connectivity index (χ3n) is 2.03. The average molecular weight is 209 g/mol. The van der Waals surface area contributed by atoms with Gasteiger partial charge in [-0.05, 0) is 50.5 Å². The zero-order valence-corrected chi connectivity index (χ0v) is 8.92. The van der Waals surface area contributed by atoms with E-state index < -0.39 is 0 Å². The van der Waals surface area contributed by atoms with Gasteiger partial charge in [0.05, 0.1) is 6.61 Å². The lowest BCUT2D eigenvalue weighted by Gasteiger charge is -2.05. The number of hydrogen-bond acceptors (Lipinski definition) is 2. The van der Waals surface area contributed by atoms with E-state index in [1.54, 1.807) is 19.1 Å². The third-order valence-corrected chi connectivity index (χ3v) is 2.03. The minimum Gasteiger partial charge on any atom is -0.494 e. The SMILES string of the molecule is CC(=N)CCCCOc1ccc(F)cc1. The Morgan fingerprint density at radius 3 is 2.53 bits per heavy atom. The van der Waals surface area contributed by atoms with E-state index in [2.05, 4.69) is 0 Å². The molecule has 15 heavy (non-hydrogen) atoms. The van der Waals surface area contributed by atoms with Crippen LogP contribution in [0.2, 0.25) is 0 Å². The van der Waals surface area contributed by atoms with Crippen molar-refractivity contribution in [2.75, 3.05) is 6.61 Å². The molecule has 0 radical (unpaired) electrons. The van der Waals surface area contributed by atoms with Crippen molar-refractivity contribution >= 4 is 5.71 Å². The van der Waals surface area contributed by atoms with Gasteiger partial charge in [0.25, 0.3) is 0 Å². The summed E-state index contributed by atoms with van der Waals surface area (Å²) in [7, 11) is 0. The lowest BCUT2D eigenvalue weighted by molar-refractivity contribution is 0.307. The van der Waals surface area contributed by atoms with Crippen molar-refractivity contribution in [1.82, 2.24) is 0 Å². The van der Waals surface area contributed by atoms with Gasteiger partial charge in [0, 0.05) is 5.71 Å². The largest absolute Gasteiger partial charge is 0.494 e. The molecule has 82 valence electrons. The number of hydrogen-bond donors (Lipinski definition) is 1. The lowest BCUT2D eigenvalue weighted by atomic mass is 10.2. The molecular weight excluding hydrogens is 193 g/mol. The molecule has 0 saturated carbocycles. The number of rotatable bonds is 6. The standard InChI is InChI=1S/C12H16FNO/c1-10(14)4-2-3-9-15-12-7-5-11(13)6-8-12/h5-8,14H,2-4,9H2,1H3. The maximum Gasteiger partial charge on any atom is 0.123 e. The monoisotopic (exact) mass is 209 g/mol. The molecule has 1 rings (SSSR count). The molecule has 3 heteroatoms. The summed E-state index contributed by atoms with van der Waals surface area (Å²) in [4.78, 5) is 0. The van der Waals surface area contributed by atoms with Crippen LogP contribution in [-0.2, 0) is 0 Å². The molecule has 0 unspecified atom stereocenters. The summed E-state index contributed by atoms with van der Waals surface area (Å²) in [5.74, 6) is 0.449. The normalized spacial score (nSPS) is 10.0. The highest BCUT2D eigenvalue weighted by Crippen LogP contribution is 2.11. The molecule has 0 aliphatic rings. The van der Waals surface area contributed by atoms with Crippen LogP contribution in [0.4, 0.5) is 4.39 Å². The number of halogens is 1. The van der Waals surface area contributed by atoms with Crippen LogP contribution >= 0.6 is 0 Å². The summed E-state index contributed by atoms with van der Waals surface area (Å²) in [6.07, 6.45) is 2.72. The smallest absolute Gasteiger partial charge is 0.123 e. The molecule has 2 nitrogen and oxygen atoms in total. The van der Waals surface area contributed by atoms with Crippen molar-refractivity contribution in [2.24, 2.45) is 0 Å². The first-order chi connectivity index (χ1) is 7.18. The molecule has 1 aromatic rings. The quantitative estimate of drug-likeness (QED) is 0.565. The topological polar surface area (TPSA) is 33.1 Å². The second-order valence-corrected chi connectivity index (χ2v) is 3.54. The zero-order chi connectivity index (χ0) is 11.1. The summed E-state index contributed by atoms with van der Waals surface area (Å²) in [5.41, 5.74) is 0.705. The van der Waals surface area contributed by atoms with Gasteiger partial charge < -0.3 is 10.1 Å². The fraction of sp³-hybridized carbons (Fsp3) is 0.417. The molecule has 0 heterocycles. The molecule has 0 aromatic heterocycles. The van der Waals surface area contributed by atoms with Crippen molar-refractivity contribution < 1.29 is 9.13 Å². The van der Waals surface area contributed by atoms with E-state index in [0.29, 0.717) is 18.1 Å². The Bertz CT molecular complexity index is 308. The van der Waals surface area contributed by atoms with E-state index in [4.69, 9.17) is 10.1 Å². The Labute approximate surface area is 89.6 Å². The van der Waals surface area contributed by atoms with Crippen molar-refractivity contribution in [3.8, 4) is 5.75 Å². The van der Waals surface area contributed by atoms with Crippen LogP contribution in [0.5, 0.6) is 5.75 Å². The summed E-state index contributed by atoms with van der Waals surface area (Å²) in [6.45, 7) is 2.43. The fourth-order valence-corrected chi connectivity index (χ4v) is 1.21. The maximum absolute atomic E-state index is 12.5. The molecule has 0 aliphatic carbocycles. The van der Waals surface area contributed by atoms with Crippen LogP contribution in [0.15, 0.2) is 24.3 Å². The Balaban J connectivity index is 2.15. The van der Waals surface area contributed by atoms with Gasteiger partial charge in [-0.3, -0.25) is 0 Å². The summed E-state index contributed by atoms with van der Waals surface area (Å²) >= 11 is 0. The van der Waals surface area contributed by atoms with E-state index in [1.165, 1.54) is 12.1 Å². The molecule has 0 fully saturated rings. The van der Waals surface area contributed by atoms with E-state index in [0.717, 1.165) is 19.3 Å². The second-order valence-electron chi connectivity index (χ2n) is 3.54. The molecule has 0 spiro atoms. The Hall–Kier alpha value is -1.38. The first kappa shape index (κ1) is 11.7. The summed E-state index contributed by atoms with van der Waals surface area (Å²) < 4.78 is 17.9. The number of nitrogens with one attached hydrogen (secondary N) is 1. The van der Waals surface area contributed by atoms with Gasteiger partial charge in [0.2, 0.25) is 0 Å². The van der Waals surface area contributed by atoms with Crippen LogP contribution < -0.4 is 4.74 Å². The molecule has 0 aliphatic heterocycles. The highest BCUT2D eigenvalue weighted by atomic mass is 19.1. The van der Waals surface area contributed by atoms with Crippen LogP contribution in [0.3, 0.4) is 0 Å². The molecule has 0 amide bonds. The molecule has 0 atom stereocenters. The van der Waals surface area contributed by atoms with Gasteiger partial charge in [0.1, 0.15) is 11.6 Å². The first-order valence-electron chi connectivity index (χ1n) is 5.11. The summed E-state index contributed by atoms with van der Waals surface area (Å²) in [6, 6.07) is 6.02. The van der Waals surface area contributed by atoms with Gasteiger partial charge in [0.15, 0.2) is 0 Å². The third kappa shape index (κ3) is 5.15. The van der Waals surface area contributed by atoms with Gasteiger partial charge in [-0.1, -0.05) is 0 Å². The maximum atomic E-state index is 12.5. The molecule has 0 saturated heterocycles. The van der Waals surface area contributed by atoms with Crippen molar-refractivity contribution in [2.45, 2.75) is 26.2 Å².